The van der Waals surface area contributed by atoms with Crippen LogP contribution in [0.25, 0.3) is 0 Å². The molecule has 1 aliphatic heterocycles. The van der Waals surface area contributed by atoms with Gasteiger partial charge in [0.1, 0.15) is 5.75 Å². The molecule has 0 saturated carbocycles. The van der Waals surface area contributed by atoms with Crippen molar-refractivity contribution in [1.29, 1.82) is 0 Å². The number of anilines is 2. The Morgan fingerprint density at radius 1 is 1.29 bits per heavy atom. The van der Waals surface area contributed by atoms with Crippen molar-refractivity contribution in [2.24, 2.45) is 0 Å². The van der Waals surface area contributed by atoms with Crippen molar-refractivity contribution in [3.05, 3.63) is 18.2 Å². The zero-order chi connectivity index (χ0) is 12.5. The van der Waals surface area contributed by atoms with E-state index in [1.807, 2.05) is 17.0 Å². The Bertz CT molecular complexity index is 499. The molecule has 0 aliphatic carbocycles. The maximum absolute atomic E-state index is 11.4. The van der Waals surface area contributed by atoms with Crippen LogP contribution in [0, 0.1) is 0 Å². The number of sulfone groups is 1. The number of rotatable bonds is 2. The van der Waals surface area contributed by atoms with Crippen molar-refractivity contribution in [2.75, 3.05) is 42.3 Å². The van der Waals surface area contributed by atoms with E-state index < -0.39 is 9.84 Å². The normalized spacial score (nSPS) is 19.0. The van der Waals surface area contributed by atoms with E-state index in [4.69, 9.17) is 10.5 Å². The van der Waals surface area contributed by atoms with Gasteiger partial charge in [-0.15, -0.1) is 0 Å². The molecule has 1 saturated heterocycles. The van der Waals surface area contributed by atoms with E-state index in [0.29, 0.717) is 24.5 Å². The molecule has 0 aromatic heterocycles. The van der Waals surface area contributed by atoms with E-state index in [-0.39, 0.29) is 11.5 Å². The minimum Gasteiger partial charge on any atom is -0.495 e. The van der Waals surface area contributed by atoms with Gasteiger partial charge in [0, 0.05) is 13.1 Å². The molecule has 0 unspecified atom stereocenters. The Balaban J connectivity index is 2.24. The van der Waals surface area contributed by atoms with Gasteiger partial charge in [0.25, 0.3) is 0 Å². The number of nitrogens with zero attached hydrogens (tertiary/aromatic N) is 1. The summed E-state index contributed by atoms with van der Waals surface area (Å²) in [4.78, 5) is 1.99. The van der Waals surface area contributed by atoms with Gasteiger partial charge < -0.3 is 15.4 Å². The predicted octanol–water partition coefficient (Wildman–Crippen LogP) is 0.512. The molecule has 17 heavy (non-hydrogen) atoms. The third-order valence-corrected chi connectivity index (χ3v) is 4.56. The summed E-state index contributed by atoms with van der Waals surface area (Å²) in [6.45, 7) is 0.972. The highest BCUT2D eigenvalue weighted by Crippen LogP contribution is 2.32. The molecule has 0 bridgehead atoms. The lowest BCUT2D eigenvalue weighted by Gasteiger charge is -2.30. The van der Waals surface area contributed by atoms with E-state index in [9.17, 15) is 8.42 Å². The first kappa shape index (κ1) is 12.0. The van der Waals surface area contributed by atoms with Gasteiger partial charge in [0.2, 0.25) is 0 Å². The van der Waals surface area contributed by atoms with Gasteiger partial charge in [0.15, 0.2) is 9.84 Å². The molecule has 0 atom stereocenters. The molecular weight excluding hydrogens is 240 g/mol. The smallest absolute Gasteiger partial charge is 0.153 e. The first-order valence-corrected chi connectivity index (χ1v) is 7.23. The van der Waals surface area contributed by atoms with Crippen LogP contribution < -0.4 is 15.4 Å². The minimum absolute atomic E-state index is 0.184. The summed E-state index contributed by atoms with van der Waals surface area (Å²) >= 11 is 0. The summed E-state index contributed by atoms with van der Waals surface area (Å²) < 4.78 is 27.9. The SMILES string of the molecule is COc1cccc(N2CCS(=O)(=O)CC2)c1N. The molecular formula is C11H16N2O3S. The van der Waals surface area contributed by atoms with Crippen LogP contribution in [0.3, 0.4) is 0 Å². The van der Waals surface area contributed by atoms with Crippen molar-refractivity contribution in [2.45, 2.75) is 0 Å². The molecule has 1 heterocycles. The second-order valence-electron chi connectivity index (χ2n) is 4.03. The standard InChI is InChI=1S/C11H16N2O3S/c1-16-10-4-2-3-9(11(10)12)13-5-7-17(14,15)8-6-13/h2-4H,5-8,12H2,1H3. The van der Waals surface area contributed by atoms with Crippen molar-refractivity contribution in [3.8, 4) is 5.75 Å². The monoisotopic (exact) mass is 256 g/mol. The Kier molecular flexibility index (Phi) is 3.15. The van der Waals surface area contributed by atoms with E-state index in [1.165, 1.54) is 0 Å². The lowest BCUT2D eigenvalue weighted by molar-refractivity contribution is 0.417. The summed E-state index contributed by atoms with van der Waals surface area (Å²) in [6.07, 6.45) is 0. The second kappa shape index (κ2) is 4.44. The van der Waals surface area contributed by atoms with Crippen LogP contribution in [0.5, 0.6) is 5.75 Å². The number of hydrogen-bond donors (Lipinski definition) is 1. The fourth-order valence-electron chi connectivity index (χ4n) is 1.94. The molecule has 2 rings (SSSR count). The minimum atomic E-state index is -2.87. The van der Waals surface area contributed by atoms with Crippen LogP contribution in [0.2, 0.25) is 0 Å². The summed E-state index contributed by atoms with van der Waals surface area (Å²) in [6, 6.07) is 5.53. The number of hydrogen-bond acceptors (Lipinski definition) is 5. The number of para-hydroxylation sites is 1. The fraction of sp³-hybridized carbons (Fsp3) is 0.455. The molecule has 0 spiro atoms. The van der Waals surface area contributed by atoms with Crippen molar-refractivity contribution >= 4 is 21.2 Å². The highest BCUT2D eigenvalue weighted by atomic mass is 32.2. The summed E-state index contributed by atoms with van der Waals surface area (Å²) in [5.41, 5.74) is 7.39. The first-order chi connectivity index (χ1) is 8.03. The number of ether oxygens (including phenoxy) is 1. The number of benzene rings is 1. The topological polar surface area (TPSA) is 72.6 Å². The fourth-order valence-corrected chi connectivity index (χ4v) is 3.14. The Morgan fingerprint density at radius 2 is 1.94 bits per heavy atom. The van der Waals surface area contributed by atoms with Crippen LogP contribution in [-0.4, -0.2) is 40.1 Å². The maximum Gasteiger partial charge on any atom is 0.153 e. The number of methoxy groups -OCH3 is 1. The first-order valence-electron chi connectivity index (χ1n) is 5.41. The predicted molar refractivity (Wildman–Crippen MR) is 68.3 cm³/mol. The molecule has 1 fully saturated rings. The van der Waals surface area contributed by atoms with E-state index in [2.05, 4.69) is 0 Å². The highest BCUT2D eigenvalue weighted by molar-refractivity contribution is 7.91. The molecule has 1 aromatic rings. The molecule has 2 N–H and O–H groups in total. The van der Waals surface area contributed by atoms with Gasteiger partial charge in [-0.3, -0.25) is 0 Å². The zero-order valence-electron chi connectivity index (χ0n) is 9.72. The van der Waals surface area contributed by atoms with Crippen LogP contribution in [0.15, 0.2) is 18.2 Å². The Morgan fingerprint density at radius 3 is 2.53 bits per heavy atom. The molecule has 1 aromatic carbocycles. The zero-order valence-corrected chi connectivity index (χ0v) is 10.5. The van der Waals surface area contributed by atoms with Gasteiger partial charge in [-0.2, -0.15) is 0 Å². The maximum atomic E-state index is 11.4. The van der Waals surface area contributed by atoms with Crippen molar-refractivity contribution in [1.82, 2.24) is 0 Å². The molecule has 0 amide bonds. The van der Waals surface area contributed by atoms with Gasteiger partial charge in [-0.05, 0) is 12.1 Å². The van der Waals surface area contributed by atoms with Crippen LogP contribution in [0.4, 0.5) is 11.4 Å². The molecule has 1 aliphatic rings. The summed E-state index contributed by atoms with van der Waals surface area (Å²) in [5.74, 6) is 0.990. The van der Waals surface area contributed by atoms with E-state index >= 15 is 0 Å². The van der Waals surface area contributed by atoms with E-state index in [0.717, 1.165) is 5.69 Å². The quantitative estimate of drug-likeness (QED) is 0.781. The number of nitrogen functional groups attached to an aromatic ring is 1. The van der Waals surface area contributed by atoms with Crippen LogP contribution in [0.1, 0.15) is 0 Å². The van der Waals surface area contributed by atoms with Crippen molar-refractivity contribution < 1.29 is 13.2 Å². The second-order valence-corrected chi connectivity index (χ2v) is 6.34. The largest absolute Gasteiger partial charge is 0.495 e. The Hall–Kier alpha value is -1.43. The third-order valence-electron chi connectivity index (χ3n) is 2.95. The van der Waals surface area contributed by atoms with Crippen LogP contribution in [-0.2, 0) is 9.84 Å². The molecule has 94 valence electrons. The summed E-state index contributed by atoms with van der Waals surface area (Å²) in [5, 5.41) is 0. The van der Waals surface area contributed by atoms with Gasteiger partial charge in [0.05, 0.1) is 30.0 Å². The average Bonchev–Trinajstić information content (AvgIpc) is 2.30. The van der Waals surface area contributed by atoms with Gasteiger partial charge in [-0.25, -0.2) is 8.42 Å². The van der Waals surface area contributed by atoms with Crippen LogP contribution >= 0.6 is 0 Å². The van der Waals surface area contributed by atoms with Crippen molar-refractivity contribution in [3.63, 3.8) is 0 Å². The molecule has 5 nitrogen and oxygen atoms in total. The van der Waals surface area contributed by atoms with E-state index in [1.54, 1.807) is 13.2 Å². The average molecular weight is 256 g/mol. The van der Waals surface area contributed by atoms with Gasteiger partial charge >= 0.3 is 0 Å². The summed E-state index contributed by atoms with van der Waals surface area (Å²) in [7, 11) is -1.30. The number of nitrogens with two attached hydrogens (primary N) is 1. The molecule has 0 radical (unpaired) electrons. The molecule has 6 heteroatoms. The lowest BCUT2D eigenvalue weighted by atomic mass is 10.2. The lowest BCUT2D eigenvalue weighted by Crippen LogP contribution is -2.40. The Labute approximate surface area is 101 Å². The third kappa shape index (κ3) is 2.46. The van der Waals surface area contributed by atoms with Gasteiger partial charge in [-0.1, -0.05) is 6.07 Å². The highest BCUT2D eigenvalue weighted by Gasteiger charge is 2.23.